The molecule has 1 aliphatic carbocycles. The van der Waals surface area contributed by atoms with Crippen molar-refractivity contribution in [2.45, 2.75) is 58.7 Å². The van der Waals surface area contributed by atoms with Crippen molar-refractivity contribution in [1.82, 2.24) is 19.8 Å². The molecule has 0 bridgehead atoms. The second-order valence-corrected chi connectivity index (χ2v) is 7.18. The van der Waals surface area contributed by atoms with Crippen LogP contribution in [0.5, 0.6) is 0 Å². The molecule has 7 heteroatoms. The maximum absolute atomic E-state index is 12.6. The third-order valence-electron chi connectivity index (χ3n) is 5.31. The number of aromatic nitrogens is 3. The molecule has 1 atom stereocenters. The van der Waals surface area contributed by atoms with E-state index in [-0.39, 0.29) is 5.91 Å². The molecular weight excluding hydrogens is 320 g/mol. The van der Waals surface area contributed by atoms with Crippen molar-refractivity contribution in [3.05, 3.63) is 34.5 Å². The molecule has 1 fully saturated rings. The summed E-state index contributed by atoms with van der Waals surface area (Å²) in [5, 5.41) is 18.7. The van der Waals surface area contributed by atoms with Crippen LogP contribution in [0.1, 0.15) is 53.8 Å². The van der Waals surface area contributed by atoms with Crippen molar-refractivity contribution in [2.24, 2.45) is 5.92 Å². The van der Waals surface area contributed by atoms with Crippen molar-refractivity contribution in [2.75, 3.05) is 6.54 Å². The van der Waals surface area contributed by atoms with Gasteiger partial charge in [-0.05, 0) is 45.1 Å². The molecule has 1 aliphatic heterocycles. The number of aliphatic hydroxyl groups is 1. The summed E-state index contributed by atoms with van der Waals surface area (Å²) in [4.78, 5) is 14.5. The molecule has 1 N–H and O–H groups in total. The Hall–Kier alpha value is -2.15. The van der Waals surface area contributed by atoms with Crippen LogP contribution in [-0.2, 0) is 24.3 Å². The zero-order valence-corrected chi connectivity index (χ0v) is 14.7. The van der Waals surface area contributed by atoms with Crippen molar-refractivity contribution in [3.8, 4) is 0 Å². The van der Waals surface area contributed by atoms with Gasteiger partial charge in [-0.1, -0.05) is 5.16 Å². The molecule has 25 heavy (non-hydrogen) atoms. The lowest BCUT2D eigenvalue weighted by atomic mass is 10.1. The highest BCUT2D eigenvalue weighted by atomic mass is 16.5. The topological polar surface area (TPSA) is 84.4 Å². The first-order chi connectivity index (χ1) is 12.0. The van der Waals surface area contributed by atoms with Gasteiger partial charge < -0.3 is 14.5 Å². The minimum atomic E-state index is -0.457. The first-order valence-electron chi connectivity index (χ1n) is 8.97. The van der Waals surface area contributed by atoms with Crippen LogP contribution >= 0.6 is 0 Å². The van der Waals surface area contributed by atoms with Gasteiger partial charge in [-0.2, -0.15) is 5.10 Å². The maximum Gasteiger partial charge on any atom is 0.223 e. The van der Waals surface area contributed by atoms with Gasteiger partial charge in [0.05, 0.1) is 30.2 Å². The fourth-order valence-corrected chi connectivity index (χ4v) is 3.55. The summed E-state index contributed by atoms with van der Waals surface area (Å²) in [5.41, 5.74) is 3.65. The van der Waals surface area contributed by atoms with E-state index in [4.69, 9.17) is 4.52 Å². The molecule has 3 heterocycles. The molecule has 1 amide bonds. The summed E-state index contributed by atoms with van der Waals surface area (Å²) in [6, 6.07) is 1.96. The van der Waals surface area contributed by atoms with E-state index in [2.05, 4.69) is 10.3 Å². The van der Waals surface area contributed by atoms with Crippen LogP contribution in [-0.4, -0.2) is 37.4 Å². The molecule has 2 aromatic heterocycles. The summed E-state index contributed by atoms with van der Waals surface area (Å²) in [7, 11) is 0. The molecule has 1 saturated carbocycles. The Morgan fingerprint density at radius 2 is 2.20 bits per heavy atom. The number of nitrogens with zero attached hydrogens (tertiary/aromatic N) is 4. The molecule has 0 saturated heterocycles. The standard InChI is InChI=1S/C18H24N4O3/c1-11-15(12(2)25-20-11)5-6-17(23)21-7-8-22-14(10-21)9-16(19-22)18(24)13-3-4-13/h9,13,18,24H,3-8,10H2,1-2H3. The van der Waals surface area contributed by atoms with E-state index in [0.717, 1.165) is 41.2 Å². The third-order valence-corrected chi connectivity index (χ3v) is 5.31. The zero-order valence-electron chi connectivity index (χ0n) is 14.7. The Kier molecular flexibility index (Phi) is 4.11. The van der Waals surface area contributed by atoms with Gasteiger partial charge in [-0.15, -0.1) is 0 Å². The number of carbonyl (C=O) groups excluding carboxylic acids is 1. The number of aliphatic hydroxyl groups excluding tert-OH is 1. The highest BCUT2D eigenvalue weighted by Crippen LogP contribution is 2.40. The first kappa shape index (κ1) is 16.3. The van der Waals surface area contributed by atoms with Crippen LogP contribution in [0.25, 0.3) is 0 Å². The number of fused-ring (bicyclic) bond motifs is 1. The van der Waals surface area contributed by atoms with Gasteiger partial charge in [0.2, 0.25) is 5.91 Å². The van der Waals surface area contributed by atoms with E-state index < -0.39 is 6.10 Å². The minimum Gasteiger partial charge on any atom is -0.386 e. The Labute approximate surface area is 146 Å². The highest BCUT2D eigenvalue weighted by Gasteiger charge is 2.33. The van der Waals surface area contributed by atoms with Gasteiger partial charge in [0.1, 0.15) is 11.9 Å². The van der Waals surface area contributed by atoms with Crippen molar-refractivity contribution in [1.29, 1.82) is 0 Å². The quantitative estimate of drug-likeness (QED) is 0.895. The third kappa shape index (κ3) is 3.20. The smallest absolute Gasteiger partial charge is 0.223 e. The van der Waals surface area contributed by atoms with Gasteiger partial charge in [-0.25, -0.2) is 0 Å². The summed E-state index contributed by atoms with van der Waals surface area (Å²) >= 11 is 0. The molecule has 2 aliphatic rings. The van der Waals surface area contributed by atoms with Gasteiger partial charge >= 0.3 is 0 Å². The summed E-state index contributed by atoms with van der Waals surface area (Å²) in [5.74, 6) is 1.29. The number of carbonyl (C=O) groups is 1. The van der Waals surface area contributed by atoms with E-state index in [9.17, 15) is 9.90 Å². The molecule has 2 aromatic rings. The van der Waals surface area contributed by atoms with E-state index in [0.29, 0.717) is 38.4 Å². The second-order valence-electron chi connectivity index (χ2n) is 7.18. The van der Waals surface area contributed by atoms with E-state index in [1.165, 1.54) is 0 Å². The number of hydrogen-bond acceptors (Lipinski definition) is 5. The number of aryl methyl sites for hydroxylation is 2. The Morgan fingerprint density at radius 3 is 2.88 bits per heavy atom. The zero-order chi connectivity index (χ0) is 17.6. The predicted molar refractivity (Wildman–Crippen MR) is 89.6 cm³/mol. The molecule has 0 aromatic carbocycles. The fraction of sp³-hybridized carbons (Fsp3) is 0.611. The lowest BCUT2D eigenvalue weighted by Gasteiger charge is -2.27. The first-order valence-corrected chi connectivity index (χ1v) is 8.97. The average molecular weight is 344 g/mol. The average Bonchev–Trinajstić information content (AvgIpc) is 3.29. The van der Waals surface area contributed by atoms with E-state index in [1.54, 1.807) is 0 Å². The second kappa shape index (κ2) is 6.29. The van der Waals surface area contributed by atoms with Crippen LogP contribution in [0.2, 0.25) is 0 Å². The Bertz CT molecular complexity index is 771. The SMILES string of the molecule is Cc1noc(C)c1CCC(=O)N1CCn2nc(C(O)C3CC3)cc2C1. The number of rotatable bonds is 5. The van der Waals surface area contributed by atoms with Gasteiger partial charge in [0.15, 0.2) is 0 Å². The van der Waals surface area contributed by atoms with E-state index >= 15 is 0 Å². The summed E-state index contributed by atoms with van der Waals surface area (Å²) < 4.78 is 7.09. The number of amides is 1. The molecule has 0 radical (unpaired) electrons. The van der Waals surface area contributed by atoms with Crippen LogP contribution in [0, 0.1) is 19.8 Å². The lowest BCUT2D eigenvalue weighted by molar-refractivity contribution is -0.132. The fourth-order valence-electron chi connectivity index (χ4n) is 3.55. The van der Waals surface area contributed by atoms with Crippen molar-refractivity contribution in [3.63, 3.8) is 0 Å². The van der Waals surface area contributed by atoms with Gasteiger partial charge in [0.25, 0.3) is 0 Å². The van der Waals surface area contributed by atoms with Crippen molar-refractivity contribution < 1.29 is 14.4 Å². The Morgan fingerprint density at radius 1 is 1.40 bits per heavy atom. The molecule has 4 rings (SSSR count). The van der Waals surface area contributed by atoms with Crippen LogP contribution in [0.3, 0.4) is 0 Å². The predicted octanol–water partition coefficient (Wildman–Crippen LogP) is 1.91. The largest absolute Gasteiger partial charge is 0.386 e. The van der Waals surface area contributed by atoms with Crippen molar-refractivity contribution >= 4 is 5.91 Å². The molecule has 1 unspecified atom stereocenters. The summed E-state index contributed by atoms with van der Waals surface area (Å²) in [6.07, 6.45) is 2.81. The molecule has 134 valence electrons. The minimum absolute atomic E-state index is 0.136. The Balaban J connectivity index is 1.39. The molecular formula is C18H24N4O3. The summed E-state index contributed by atoms with van der Waals surface area (Å²) in [6.45, 7) is 5.69. The highest BCUT2D eigenvalue weighted by molar-refractivity contribution is 5.76. The van der Waals surface area contributed by atoms with Crippen LogP contribution in [0.15, 0.2) is 10.6 Å². The van der Waals surface area contributed by atoms with Gasteiger partial charge in [0, 0.05) is 18.5 Å². The van der Waals surface area contributed by atoms with Gasteiger partial charge in [-0.3, -0.25) is 9.48 Å². The van der Waals surface area contributed by atoms with E-state index in [1.807, 2.05) is 29.5 Å². The molecule has 7 nitrogen and oxygen atoms in total. The normalized spacial score (nSPS) is 18.3. The monoisotopic (exact) mass is 344 g/mol. The maximum atomic E-state index is 12.6. The lowest BCUT2D eigenvalue weighted by Crippen LogP contribution is -2.38. The van der Waals surface area contributed by atoms with Crippen LogP contribution < -0.4 is 0 Å². The molecule has 0 spiro atoms. The number of hydrogen-bond donors (Lipinski definition) is 1. The van der Waals surface area contributed by atoms with Crippen LogP contribution in [0.4, 0.5) is 0 Å².